The fourth-order valence-corrected chi connectivity index (χ4v) is 1.35. The Kier molecular flexibility index (Phi) is 13.5. The van der Waals surface area contributed by atoms with E-state index in [2.05, 4.69) is 0 Å². The highest BCUT2D eigenvalue weighted by Crippen LogP contribution is 2.07. The lowest BCUT2D eigenvalue weighted by atomic mass is 10.1. The molecule has 0 unspecified atom stereocenters. The zero-order valence-corrected chi connectivity index (χ0v) is 10.8. The van der Waals surface area contributed by atoms with E-state index in [-0.39, 0.29) is 18.3 Å². The molecule has 0 atom stereocenters. The summed E-state index contributed by atoms with van der Waals surface area (Å²) in [5.41, 5.74) is 5.39. The van der Waals surface area contributed by atoms with Crippen LogP contribution in [0.3, 0.4) is 0 Å². The Morgan fingerprint density at radius 2 is 1.47 bits per heavy atom. The van der Waals surface area contributed by atoms with Gasteiger partial charge in [0, 0.05) is 20.5 Å². The highest BCUT2D eigenvalue weighted by Gasteiger charge is 2.02. The monoisotopic (exact) mass is 236 g/mol. The quantitative estimate of drug-likeness (QED) is 0.657. The van der Waals surface area contributed by atoms with E-state index in [1.807, 2.05) is 14.1 Å². The van der Waals surface area contributed by atoms with Crippen molar-refractivity contribution in [3.63, 3.8) is 0 Å². The summed E-state index contributed by atoms with van der Waals surface area (Å²) < 4.78 is 0. The molecule has 3 nitrogen and oxygen atoms in total. The number of hydrogen-bond donors (Lipinski definition) is 1. The molecule has 0 rings (SSSR count). The summed E-state index contributed by atoms with van der Waals surface area (Å²) in [6.07, 6.45) is 7.76. The van der Waals surface area contributed by atoms with E-state index in [0.29, 0.717) is 6.42 Å². The van der Waals surface area contributed by atoms with Crippen molar-refractivity contribution in [2.75, 3.05) is 20.6 Å². The molecule has 0 radical (unpaired) electrons. The van der Waals surface area contributed by atoms with Crippen molar-refractivity contribution >= 4 is 18.3 Å². The van der Waals surface area contributed by atoms with Gasteiger partial charge < -0.3 is 10.6 Å². The fourth-order valence-electron chi connectivity index (χ4n) is 1.35. The second-order valence-electron chi connectivity index (χ2n) is 3.95. The average Bonchev–Trinajstić information content (AvgIpc) is 2.16. The first-order chi connectivity index (χ1) is 6.68. The van der Waals surface area contributed by atoms with E-state index < -0.39 is 0 Å². The van der Waals surface area contributed by atoms with Crippen LogP contribution in [0, 0.1) is 0 Å². The van der Waals surface area contributed by atoms with E-state index >= 15 is 0 Å². The van der Waals surface area contributed by atoms with Crippen molar-refractivity contribution in [2.24, 2.45) is 5.73 Å². The molecule has 4 heteroatoms. The van der Waals surface area contributed by atoms with Crippen LogP contribution >= 0.6 is 12.4 Å². The second-order valence-corrected chi connectivity index (χ2v) is 3.95. The molecule has 0 spiro atoms. The summed E-state index contributed by atoms with van der Waals surface area (Å²) in [4.78, 5) is 12.8. The molecular weight excluding hydrogens is 212 g/mol. The maximum absolute atomic E-state index is 11.2. The van der Waals surface area contributed by atoms with Crippen molar-refractivity contribution in [1.29, 1.82) is 0 Å². The molecule has 0 saturated heterocycles. The molecule has 2 N–H and O–H groups in total. The van der Waals surface area contributed by atoms with Gasteiger partial charge in [0.05, 0.1) is 0 Å². The van der Waals surface area contributed by atoms with Gasteiger partial charge in [0.1, 0.15) is 0 Å². The van der Waals surface area contributed by atoms with Gasteiger partial charge in [-0.15, -0.1) is 12.4 Å². The first-order valence-corrected chi connectivity index (χ1v) is 5.58. The van der Waals surface area contributed by atoms with Crippen molar-refractivity contribution in [1.82, 2.24) is 4.90 Å². The maximum atomic E-state index is 11.2. The molecule has 0 saturated carbocycles. The van der Waals surface area contributed by atoms with Gasteiger partial charge in [-0.3, -0.25) is 4.79 Å². The molecule has 0 fully saturated rings. The normalized spacial score (nSPS) is 9.53. The number of hydrogen-bond acceptors (Lipinski definition) is 2. The molecule has 0 aromatic rings. The van der Waals surface area contributed by atoms with Crippen LogP contribution < -0.4 is 5.73 Å². The number of carbonyl (C=O) groups excluding carboxylic acids is 1. The van der Waals surface area contributed by atoms with Crippen LogP contribution in [0.4, 0.5) is 0 Å². The minimum absolute atomic E-state index is 0. The molecule has 0 aliphatic carbocycles. The van der Waals surface area contributed by atoms with E-state index in [0.717, 1.165) is 19.4 Å². The Bertz CT molecular complexity index is 152. The number of carbonyl (C=O) groups is 1. The Morgan fingerprint density at radius 1 is 1.00 bits per heavy atom. The highest BCUT2D eigenvalue weighted by atomic mass is 35.5. The van der Waals surface area contributed by atoms with E-state index in [9.17, 15) is 4.79 Å². The van der Waals surface area contributed by atoms with Crippen LogP contribution in [0.15, 0.2) is 0 Å². The van der Waals surface area contributed by atoms with Gasteiger partial charge in [0.25, 0.3) is 0 Å². The Labute approximate surface area is 99.8 Å². The Balaban J connectivity index is 0. The molecule has 0 aliphatic heterocycles. The molecule has 0 aliphatic rings. The minimum Gasteiger partial charge on any atom is -0.349 e. The predicted octanol–water partition coefficient (Wildman–Crippen LogP) is 2.19. The summed E-state index contributed by atoms with van der Waals surface area (Å²) in [7, 11) is 3.62. The van der Waals surface area contributed by atoms with Crippen LogP contribution in [0.5, 0.6) is 0 Å². The largest absolute Gasteiger partial charge is 0.349 e. The molecule has 0 aromatic heterocycles. The van der Waals surface area contributed by atoms with Crippen molar-refractivity contribution < 1.29 is 4.79 Å². The summed E-state index contributed by atoms with van der Waals surface area (Å²) in [6, 6.07) is 0. The average molecular weight is 237 g/mol. The topological polar surface area (TPSA) is 46.3 Å². The van der Waals surface area contributed by atoms with Gasteiger partial charge in [-0.1, -0.05) is 25.7 Å². The third-order valence-electron chi connectivity index (χ3n) is 2.34. The number of amides is 1. The number of nitrogens with zero attached hydrogens (tertiary/aromatic N) is 1. The smallest absolute Gasteiger partial charge is 0.222 e. The van der Waals surface area contributed by atoms with Crippen molar-refractivity contribution in [3.8, 4) is 0 Å². The molecule has 92 valence electrons. The number of halogens is 1. The number of nitrogens with two attached hydrogens (primary N) is 1. The third kappa shape index (κ3) is 11.6. The molecule has 0 aromatic carbocycles. The van der Waals surface area contributed by atoms with Gasteiger partial charge in [-0.25, -0.2) is 0 Å². The zero-order chi connectivity index (χ0) is 10.8. The first-order valence-electron chi connectivity index (χ1n) is 5.58. The van der Waals surface area contributed by atoms with Crippen LogP contribution in [-0.4, -0.2) is 31.4 Å². The highest BCUT2D eigenvalue weighted by molar-refractivity contribution is 5.85. The predicted molar refractivity (Wildman–Crippen MR) is 67.3 cm³/mol. The second kappa shape index (κ2) is 11.8. The van der Waals surface area contributed by atoms with E-state index in [1.165, 1.54) is 25.7 Å². The van der Waals surface area contributed by atoms with Gasteiger partial charge in [-0.05, 0) is 19.4 Å². The lowest BCUT2D eigenvalue weighted by Crippen LogP contribution is -2.20. The standard InChI is InChI=1S/C11H24N2O.ClH/c1-13(2)11(14)9-7-5-3-4-6-8-10-12;/h3-10,12H2,1-2H3;1H. The minimum atomic E-state index is 0. The summed E-state index contributed by atoms with van der Waals surface area (Å²) in [5.74, 6) is 0.243. The number of rotatable bonds is 8. The molecule has 1 amide bonds. The van der Waals surface area contributed by atoms with Crippen LogP contribution in [0.1, 0.15) is 44.9 Å². The fraction of sp³-hybridized carbons (Fsp3) is 0.909. The summed E-state index contributed by atoms with van der Waals surface area (Å²) in [5, 5.41) is 0. The van der Waals surface area contributed by atoms with E-state index in [1.54, 1.807) is 4.90 Å². The third-order valence-corrected chi connectivity index (χ3v) is 2.34. The molecule has 0 heterocycles. The van der Waals surface area contributed by atoms with Gasteiger partial charge in [0.2, 0.25) is 5.91 Å². The van der Waals surface area contributed by atoms with Gasteiger partial charge >= 0.3 is 0 Å². The van der Waals surface area contributed by atoms with E-state index in [4.69, 9.17) is 5.73 Å². The Hall–Kier alpha value is -0.280. The number of unbranched alkanes of at least 4 members (excludes halogenated alkanes) is 5. The lowest BCUT2D eigenvalue weighted by Gasteiger charge is -2.09. The van der Waals surface area contributed by atoms with Crippen molar-refractivity contribution in [2.45, 2.75) is 44.9 Å². The van der Waals surface area contributed by atoms with Crippen LogP contribution in [0.25, 0.3) is 0 Å². The van der Waals surface area contributed by atoms with Crippen LogP contribution in [0.2, 0.25) is 0 Å². The van der Waals surface area contributed by atoms with Gasteiger partial charge in [-0.2, -0.15) is 0 Å². The Morgan fingerprint density at radius 3 is 1.93 bits per heavy atom. The molecule has 0 bridgehead atoms. The zero-order valence-electron chi connectivity index (χ0n) is 10.00. The molecule has 15 heavy (non-hydrogen) atoms. The van der Waals surface area contributed by atoms with Crippen LogP contribution in [-0.2, 0) is 4.79 Å². The van der Waals surface area contributed by atoms with Crippen molar-refractivity contribution in [3.05, 3.63) is 0 Å². The SMILES string of the molecule is CN(C)C(=O)CCCCCCCCN.Cl. The summed E-state index contributed by atoms with van der Waals surface area (Å²) >= 11 is 0. The lowest BCUT2D eigenvalue weighted by molar-refractivity contribution is -0.128. The first kappa shape index (κ1) is 17.1. The molecular formula is C11H25ClN2O. The maximum Gasteiger partial charge on any atom is 0.222 e. The van der Waals surface area contributed by atoms with Gasteiger partial charge in [0.15, 0.2) is 0 Å². The summed E-state index contributed by atoms with van der Waals surface area (Å²) in [6.45, 7) is 0.805.